The maximum atomic E-state index is 5.64. The minimum Gasteiger partial charge on any atom is -0.493 e. The Morgan fingerprint density at radius 3 is 2.73 bits per heavy atom. The largest absolute Gasteiger partial charge is 0.493 e. The summed E-state index contributed by atoms with van der Waals surface area (Å²) >= 11 is 1.70. The minimum atomic E-state index is 0.606. The van der Waals surface area contributed by atoms with Crippen LogP contribution in [0.5, 0.6) is 11.5 Å². The topological polar surface area (TPSA) is 31.4 Å². The van der Waals surface area contributed by atoms with E-state index in [1.807, 2.05) is 25.1 Å². The third kappa shape index (κ3) is 3.16. The molecule has 4 rings (SSSR count). The molecule has 4 heteroatoms. The summed E-state index contributed by atoms with van der Waals surface area (Å²) in [4.78, 5) is 4.82. The molecule has 4 aromatic rings. The molecule has 0 amide bonds. The highest BCUT2D eigenvalue weighted by atomic mass is 32.1. The first-order chi connectivity index (χ1) is 12.8. The van der Waals surface area contributed by atoms with Crippen LogP contribution in [0, 0.1) is 0 Å². The number of rotatable bonds is 5. The Morgan fingerprint density at radius 2 is 1.88 bits per heavy atom. The van der Waals surface area contributed by atoms with Crippen molar-refractivity contribution < 1.29 is 9.47 Å². The van der Waals surface area contributed by atoms with Crippen LogP contribution in [0.2, 0.25) is 0 Å². The van der Waals surface area contributed by atoms with Crippen molar-refractivity contribution in [1.82, 2.24) is 4.98 Å². The van der Waals surface area contributed by atoms with Crippen LogP contribution in [0.1, 0.15) is 17.5 Å². The van der Waals surface area contributed by atoms with Crippen molar-refractivity contribution in [3.8, 4) is 11.5 Å². The summed E-state index contributed by atoms with van der Waals surface area (Å²) in [6.45, 7) is 2.57. The molecule has 26 heavy (non-hydrogen) atoms. The maximum Gasteiger partial charge on any atom is 0.161 e. The van der Waals surface area contributed by atoms with Gasteiger partial charge in [0.05, 0.1) is 23.9 Å². The molecule has 0 saturated heterocycles. The van der Waals surface area contributed by atoms with Crippen molar-refractivity contribution in [2.75, 3.05) is 13.7 Å². The van der Waals surface area contributed by atoms with E-state index < -0.39 is 0 Å². The minimum absolute atomic E-state index is 0.606. The first-order valence-corrected chi connectivity index (χ1v) is 9.37. The van der Waals surface area contributed by atoms with Gasteiger partial charge in [-0.15, -0.1) is 11.3 Å². The van der Waals surface area contributed by atoms with E-state index in [1.165, 1.54) is 15.5 Å². The molecular formula is C22H19NO2S. The molecule has 1 aromatic heterocycles. The molecule has 0 aliphatic heterocycles. The van der Waals surface area contributed by atoms with Gasteiger partial charge < -0.3 is 9.47 Å². The van der Waals surface area contributed by atoms with Gasteiger partial charge in [0.25, 0.3) is 0 Å². The summed E-state index contributed by atoms with van der Waals surface area (Å²) in [6.07, 6.45) is 4.11. The average Bonchev–Trinajstić information content (AvgIpc) is 3.10. The van der Waals surface area contributed by atoms with Gasteiger partial charge in [-0.3, -0.25) is 0 Å². The number of methoxy groups -OCH3 is 1. The van der Waals surface area contributed by atoms with Crippen LogP contribution in [-0.2, 0) is 0 Å². The van der Waals surface area contributed by atoms with Crippen LogP contribution in [0.4, 0.5) is 0 Å². The van der Waals surface area contributed by atoms with Crippen LogP contribution in [0.3, 0.4) is 0 Å². The summed E-state index contributed by atoms with van der Waals surface area (Å²) in [6, 6.07) is 18.6. The van der Waals surface area contributed by atoms with Gasteiger partial charge >= 0.3 is 0 Å². The summed E-state index contributed by atoms with van der Waals surface area (Å²) in [5.41, 5.74) is 2.12. The van der Waals surface area contributed by atoms with E-state index in [2.05, 4.69) is 48.6 Å². The fourth-order valence-corrected chi connectivity index (χ4v) is 3.87. The second-order valence-corrected chi connectivity index (χ2v) is 6.92. The van der Waals surface area contributed by atoms with E-state index in [0.29, 0.717) is 6.61 Å². The fraction of sp³-hybridized carbons (Fsp3) is 0.136. The van der Waals surface area contributed by atoms with Crippen molar-refractivity contribution in [2.24, 2.45) is 0 Å². The van der Waals surface area contributed by atoms with Crippen LogP contribution in [-0.4, -0.2) is 18.7 Å². The van der Waals surface area contributed by atoms with Gasteiger partial charge in [-0.1, -0.05) is 42.5 Å². The van der Waals surface area contributed by atoms with Gasteiger partial charge in [0.2, 0.25) is 0 Å². The van der Waals surface area contributed by atoms with Crippen LogP contribution in [0.25, 0.3) is 33.1 Å². The molecular weight excluding hydrogens is 342 g/mol. The Balaban J connectivity index is 1.68. The smallest absolute Gasteiger partial charge is 0.161 e. The standard InChI is InChI=1S/C22H19NO2S/c1-3-25-19-14-15(8-11-18(19)24-2)9-13-21-23-22-17-7-5-4-6-16(17)10-12-20(22)26-21/h4-14H,3H2,1-2H3. The molecule has 1 heterocycles. The highest BCUT2D eigenvalue weighted by Gasteiger charge is 2.07. The van der Waals surface area contributed by atoms with Crippen molar-refractivity contribution in [1.29, 1.82) is 0 Å². The monoisotopic (exact) mass is 361 g/mol. The Kier molecular flexibility index (Phi) is 4.59. The molecule has 0 aliphatic carbocycles. The number of hydrogen-bond donors (Lipinski definition) is 0. The van der Waals surface area contributed by atoms with Crippen molar-refractivity contribution in [3.05, 3.63) is 65.2 Å². The van der Waals surface area contributed by atoms with Gasteiger partial charge in [-0.05, 0) is 42.1 Å². The predicted molar refractivity (Wildman–Crippen MR) is 110 cm³/mol. The third-order valence-corrected chi connectivity index (χ3v) is 5.19. The molecule has 0 saturated carbocycles. The predicted octanol–water partition coefficient (Wildman–Crippen LogP) is 6.03. The van der Waals surface area contributed by atoms with Crippen molar-refractivity contribution >= 4 is 44.5 Å². The molecule has 0 spiro atoms. The second kappa shape index (κ2) is 7.18. The molecule has 3 nitrogen and oxygen atoms in total. The molecule has 0 bridgehead atoms. The lowest BCUT2D eigenvalue weighted by atomic mass is 10.1. The van der Waals surface area contributed by atoms with E-state index in [1.54, 1.807) is 18.4 Å². The Labute approximate surface area is 156 Å². The zero-order valence-electron chi connectivity index (χ0n) is 14.7. The number of benzene rings is 3. The first-order valence-electron chi connectivity index (χ1n) is 8.55. The summed E-state index contributed by atoms with van der Waals surface area (Å²) in [7, 11) is 1.65. The second-order valence-electron chi connectivity index (χ2n) is 5.86. The van der Waals surface area contributed by atoms with E-state index in [9.17, 15) is 0 Å². The third-order valence-electron chi connectivity index (χ3n) is 4.21. The zero-order chi connectivity index (χ0) is 17.9. The summed E-state index contributed by atoms with van der Waals surface area (Å²) < 4.78 is 12.2. The average molecular weight is 361 g/mol. The van der Waals surface area contributed by atoms with E-state index in [4.69, 9.17) is 14.5 Å². The SMILES string of the molecule is CCOc1cc(C=Cc2nc3c(ccc4ccccc43)s2)ccc1OC. The number of ether oxygens (including phenoxy) is 2. The lowest BCUT2D eigenvalue weighted by Crippen LogP contribution is -1.95. The highest BCUT2D eigenvalue weighted by molar-refractivity contribution is 7.19. The molecule has 0 fully saturated rings. The van der Waals surface area contributed by atoms with Gasteiger partial charge in [0, 0.05) is 5.39 Å². The number of thiazole rings is 1. The van der Waals surface area contributed by atoms with Gasteiger partial charge in [-0.25, -0.2) is 4.98 Å². The van der Waals surface area contributed by atoms with Gasteiger partial charge in [0.1, 0.15) is 5.01 Å². The quantitative estimate of drug-likeness (QED) is 0.435. The Hall–Kier alpha value is -2.85. The maximum absolute atomic E-state index is 5.64. The van der Waals surface area contributed by atoms with Crippen LogP contribution < -0.4 is 9.47 Å². The lowest BCUT2D eigenvalue weighted by molar-refractivity contribution is 0.311. The van der Waals surface area contributed by atoms with E-state index in [0.717, 1.165) is 27.6 Å². The number of fused-ring (bicyclic) bond motifs is 3. The van der Waals surface area contributed by atoms with Gasteiger partial charge in [0.15, 0.2) is 11.5 Å². The Bertz CT molecular complexity index is 1100. The zero-order valence-corrected chi connectivity index (χ0v) is 15.5. The number of nitrogens with zero attached hydrogens (tertiary/aromatic N) is 1. The van der Waals surface area contributed by atoms with Crippen LogP contribution >= 0.6 is 11.3 Å². The summed E-state index contributed by atoms with van der Waals surface area (Å²) in [5.74, 6) is 1.50. The fourth-order valence-electron chi connectivity index (χ4n) is 2.98. The van der Waals surface area contributed by atoms with Crippen molar-refractivity contribution in [2.45, 2.75) is 6.92 Å². The first kappa shape index (κ1) is 16.6. The van der Waals surface area contributed by atoms with Crippen LogP contribution in [0.15, 0.2) is 54.6 Å². The van der Waals surface area contributed by atoms with Crippen molar-refractivity contribution in [3.63, 3.8) is 0 Å². The lowest BCUT2D eigenvalue weighted by Gasteiger charge is -2.09. The molecule has 130 valence electrons. The molecule has 0 unspecified atom stereocenters. The normalized spacial score (nSPS) is 11.5. The molecule has 0 N–H and O–H groups in total. The molecule has 0 aliphatic rings. The number of hydrogen-bond acceptors (Lipinski definition) is 4. The van der Waals surface area contributed by atoms with E-state index >= 15 is 0 Å². The van der Waals surface area contributed by atoms with E-state index in [-0.39, 0.29) is 0 Å². The highest BCUT2D eigenvalue weighted by Crippen LogP contribution is 2.31. The Morgan fingerprint density at radius 1 is 1.00 bits per heavy atom. The summed E-state index contributed by atoms with van der Waals surface area (Å²) in [5, 5.41) is 3.41. The molecule has 3 aromatic carbocycles. The van der Waals surface area contributed by atoms with Gasteiger partial charge in [-0.2, -0.15) is 0 Å². The number of aromatic nitrogens is 1. The molecule has 0 radical (unpaired) electrons. The molecule has 0 atom stereocenters.